The van der Waals surface area contributed by atoms with Gasteiger partial charge in [-0.15, -0.1) is 0 Å². The lowest BCUT2D eigenvalue weighted by Gasteiger charge is -2.16. The van der Waals surface area contributed by atoms with E-state index in [1.165, 1.54) is 17.1 Å². The van der Waals surface area contributed by atoms with Gasteiger partial charge in [0.1, 0.15) is 17.7 Å². The molecule has 11 nitrogen and oxygen atoms in total. The van der Waals surface area contributed by atoms with Crippen molar-refractivity contribution in [3.63, 3.8) is 0 Å². The minimum absolute atomic E-state index is 0.0525. The van der Waals surface area contributed by atoms with Crippen molar-refractivity contribution in [1.82, 2.24) is 19.5 Å². The largest absolute Gasteiger partial charge is 0.388 e. The van der Waals surface area contributed by atoms with Gasteiger partial charge < -0.3 is 20.3 Å². The summed E-state index contributed by atoms with van der Waals surface area (Å²) in [6, 6.07) is 7.33. The highest BCUT2D eigenvalue weighted by Crippen LogP contribution is 2.33. The van der Waals surface area contributed by atoms with Gasteiger partial charge in [0.05, 0.1) is 24.4 Å². The summed E-state index contributed by atoms with van der Waals surface area (Å²) < 4.78 is 29.6. The van der Waals surface area contributed by atoms with Gasteiger partial charge in [0.25, 0.3) is 0 Å². The van der Waals surface area contributed by atoms with Crippen molar-refractivity contribution in [2.75, 3.05) is 11.1 Å². The Labute approximate surface area is 182 Å². The Morgan fingerprint density at radius 3 is 2.65 bits per heavy atom. The molecule has 13 heteroatoms. The number of benzene rings is 1. The molecule has 1 fully saturated rings. The predicted octanol–water partition coefficient (Wildman–Crippen LogP) is 0.390. The average Bonchev–Trinajstić information content (AvgIpc) is 3.26. The number of sulfonamides is 1. The van der Waals surface area contributed by atoms with E-state index < -0.39 is 34.6 Å². The normalized spacial score (nSPS) is 24.0. The van der Waals surface area contributed by atoms with Crippen LogP contribution in [0.25, 0.3) is 11.2 Å². The maximum atomic E-state index is 11.2. The maximum Gasteiger partial charge on any atom is 0.225 e. The first kappa shape index (κ1) is 21.9. The van der Waals surface area contributed by atoms with Crippen LogP contribution in [0.4, 0.5) is 5.95 Å². The second kappa shape index (κ2) is 8.65. The quantitative estimate of drug-likeness (QED) is 0.383. The van der Waals surface area contributed by atoms with Gasteiger partial charge in [-0.1, -0.05) is 23.7 Å². The molecule has 0 saturated carbocycles. The number of nitrogens with zero attached hydrogens (tertiary/aromatic N) is 4. The van der Waals surface area contributed by atoms with Gasteiger partial charge >= 0.3 is 0 Å². The highest BCUT2D eigenvalue weighted by Gasteiger charge is 2.44. The molecular weight excluding hydrogens is 448 g/mol. The van der Waals surface area contributed by atoms with Crippen LogP contribution in [-0.4, -0.2) is 62.2 Å². The molecule has 0 amide bonds. The molecule has 2 aromatic heterocycles. The predicted molar refractivity (Wildman–Crippen MR) is 113 cm³/mol. The van der Waals surface area contributed by atoms with Crippen LogP contribution >= 0.6 is 11.6 Å². The third-order valence-corrected chi connectivity index (χ3v) is 6.03. The molecule has 1 aliphatic rings. The van der Waals surface area contributed by atoms with Gasteiger partial charge in [-0.25, -0.2) is 23.5 Å². The lowest BCUT2D eigenvalue weighted by molar-refractivity contribution is -0.0353. The Morgan fingerprint density at radius 2 is 1.94 bits per heavy atom. The molecule has 1 saturated heterocycles. The average molecular weight is 469 g/mol. The summed E-state index contributed by atoms with van der Waals surface area (Å²) in [5, 5.41) is 29.5. The monoisotopic (exact) mass is 468 g/mol. The molecule has 31 heavy (non-hydrogen) atoms. The van der Waals surface area contributed by atoms with Crippen molar-refractivity contribution in [1.29, 1.82) is 0 Å². The van der Waals surface area contributed by atoms with Crippen molar-refractivity contribution in [3.8, 4) is 0 Å². The molecular formula is C18H21ClN6O5S. The van der Waals surface area contributed by atoms with Gasteiger partial charge in [-0.05, 0) is 24.1 Å². The van der Waals surface area contributed by atoms with Gasteiger partial charge in [0, 0.05) is 11.6 Å². The topological polar surface area (TPSA) is 165 Å². The van der Waals surface area contributed by atoms with E-state index in [-0.39, 0.29) is 12.2 Å². The van der Waals surface area contributed by atoms with Crippen LogP contribution in [-0.2, 0) is 21.3 Å². The number of primary sulfonamides is 1. The zero-order valence-electron chi connectivity index (χ0n) is 16.2. The first-order valence-electron chi connectivity index (χ1n) is 9.41. The van der Waals surface area contributed by atoms with Gasteiger partial charge in [-0.2, -0.15) is 4.98 Å². The van der Waals surface area contributed by atoms with Crippen molar-refractivity contribution in [2.24, 2.45) is 5.14 Å². The number of nitrogens with one attached hydrogen (secondary N) is 1. The van der Waals surface area contributed by atoms with Gasteiger partial charge in [0.2, 0.25) is 16.0 Å². The summed E-state index contributed by atoms with van der Waals surface area (Å²) in [6.45, 7) is 0.466. The minimum atomic E-state index is -3.72. The number of halogens is 1. The third-order valence-electron chi connectivity index (χ3n) is 4.98. The smallest absolute Gasteiger partial charge is 0.225 e. The van der Waals surface area contributed by atoms with Crippen LogP contribution in [0, 0.1) is 0 Å². The molecule has 0 radical (unpaired) electrons. The zero-order valence-corrected chi connectivity index (χ0v) is 17.7. The second-order valence-corrected chi connectivity index (χ2v) is 9.41. The molecule has 0 bridgehead atoms. The SMILES string of the molecule is NS(=O)(=O)CC[C@H]1O[C@@H](n2cnc3cnc(NCc4ccc(Cl)cc4)nc32)[C@H](O)[C@@H]1O. The van der Waals surface area contributed by atoms with E-state index in [0.29, 0.717) is 28.7 Å². The fourth-order valence-electron chi connectivity index (χ4n) is 3.36. The van der Waals surface area contributed by atoms with Crippen LogP contribution in [0.1, 0.15) is 18.2 Å². The van der Waals surface area contributed by atoms with E-state index in [2.05, 4.69) is 20.3 Å². The first-order chi connectivity index (χ1) is 14.7. The number of imidazole rings is 1. The van der Waals surface area contributed by atoms with Crippen LogP contribution in [0.15, 0.2) is 36.8 Å². The number of nitrogens with two attached hydrogens (primary N) is 1. The number of hydrogen-bond donors (Lipinski definition) is 4. The summed E-state index contributed by atoms with van der Waals surface area (Å²) in [4.78, 5) is 12.9. The lowest BCUT2D eigenvalue weighted by atomic mass is 10.1. The number of anilines is 1. The Hall–Kier alpha value is -2.35. The van der Waals surface area contributed by atoms with E-state index >= 15 is 0 Å². The molecule has 166 valence electrons. The molecule has 1 aromatic carbocycles. The van der Waals surface area contributed by atoms with Gasteiger partial charge in [-0.3, -0.25) is 4.57 Å². The van der Waals surface area contributed by atoms with Crippen molar-refractivity contribution >= 4 is 38.7 Å². The number of aromatic nitrogens is 4. The highest BCUT2D eigenvalue weighted by molar-refractivity contribution is 7.89. The number of fused-ring (bicyclic) bond motifs is 1. The molecule has 4 atom stereocenters. The number of hydrogen-bond acceptors (Lipinski definition) is 9. The highest BCUT2D eigenvalue weighted by atomic mass is 35.5. The van der Waals surface area contributed by atoms with E-state index in [0.717, 1.165) is 5.56 Å². The first-order valence-corrected chi connectivity index (χ1v) is 11.5. The number of ether oxygens (including phenoxy) is 1. The van der Waals surface area contributed by atoms with E-state index in [1.807, 2.05) is 12.1 Å². The Kier molecular flexibility index (Phi) is 6.10. The summed E-state index contributed by atoms with van der Waals surface area (Å²) in [5.74, 6) is -0.0391. The van der Waals surface area contributed by atoms with Crippen molar-refractivity contribution < 1.29 is 23.4 Å². The molecule has 0 unspecified atom stereocenters. The molecule has 5 N–H and O–H groups in total. The number of aliphatic hydroxyl groups is 2. The summed E-state index contributed by atoms with van der Waals surface area (Å²) in [6.07, 6.45) is -1.59. The molecule has 3 heterocycles. The Morgan fingerprint density at radius 1 is 1.19 bits per heavy atom. The minimum Gasteiger partial charge on any atom is -0.388 e. The van der Waals surface area contributed by atoms with E-state index in [9.17, 15) is 18.6 Å². The number of rotatable bonds is 7. The molecule has 0 aliphatic carbocycles. The van der Waals surface area contributed by atoms with Crippen LogP contribution in [0.2, 0.25) is 5.02 Å². The third kappa shape index (κ3) is 4.95. The van der Waals surface area contributed by atoms with Gasteiger partial charge in [0.15, 0.2) is 11.9 Å². The van der Waals surface area contributed by atoms with E-state index in [1.54, 1.807) is 12.1 Å². The Balaban J connectivity index is 1.52. The fraction of sp³-hybridized carbons (Fsp3) is 0.389. The van der Waals surface area contributed by atoms with Crippen LogP contribution in [0.5, 0.6) is 0 Å². The zero-order chi connectivity index (χ0) is 22.2. The number of aliphatic hydroxyl groups excluding tert-OH is 2. The lowest BCUT2D eigenvalue weighted by Crippen LogP contribution is -2.33. The van der Waals surface area contributed by atoms with Crippen LogP contribution < -0.4 is 10.5 Å². The van der Waals surface area contributed by atoms with Crippen molar-refractivity contribution in [2.45, 2.75) is 37.5 Å². The van der Waals surface area contributed by atoms with E-state index in [4.69, 9.17) is 21.5 Å². The van der Waals surface area contributed by atoms with Crippen molar-refractivity contribution in [3.05, 3.63) is 47.4 Å². The van der Waals surface area contributed by atoms with Crippen LogP contribution in [0.3, 0.4) is 0 Å². The Bertz CT molecular complexity index is 1170. The maximum absolute atomic E-state index is 11.2. The summed E-state index contributed by atoms with van der Waals surface area (Å²) >= 11 is 5.89. The fourth-order valence-corrected chi connectivity index (χ4v) is 4.05. The standard InChI is InChI=1S/C18H21ClN6O5S/c19-11-3-1-10(2-4-11)7-21-18-22-8-12-16(24-18)25(9-23-12)17-15(27)14(26)13(30-17)5-6-31(20,28)29/h1-4,8-9,13-15,17,26-27H,5-7H2,(H2,20,28,29)(H,21,22,24)/t13-,14-,15-,17-/m1/s1. The molecule has 1 aliphatic heterocycles. The second-order valence-electron chi connectivity index (χ2n) is 7.24. The summed E-state index contributed by atoms with van der Waals surface area (Å²) in [7, 11) is -3.72. The molecule has 4 rings (SSSR count). The summed E-state index contributed by atoms with van der Waals surface area (Å²) in [5.41, 5.74) is 1.84. The molecule has 3 aromatic rings. The molecule has 0 spiro atoms.